The van der Waals surface area contributed by atoms with E-state index in [4.69, 9.17) is 0 Å². The van der Waals surface area contributed by atoms with E-state index in [1.54, 1.807) is 13.0 Å². The molecule has 2 aromatic carbocycles. The standard InChI is InChI=1S/C19H20N4O3S2/c1-13-9-10-15(28(25,26)23(2)3)12-16(13)18(24)20-19-22-21-17(27-19)11-14-7-5-4-6-8-14/h4-10,12H,11H2,1-3H3,(H,20,22,24). The number of hydrogen-bond donors (Lipinski definition) is 1. The quantitative estimate of drug-likeness (QED) is 0.667. The SMILES string of the molecule is Cc1ccc(S(=O)(=O)N(C)C)cc1C(=O)Nc1nnc(Cc2ccccc2)s1. The Kier molecular flexibility index (Phi) is 5.87. The average molecular weight is 417 g/mol. The van der Waals surface area contributed by atoms with Gasteiger partial charge in [-0.2, -0.15) is 0 Å². The van der Waals surface area contributed by atoms with Gasteiger partial charge in [0.2, 0.25) is 15.2 Å². The first-order valence-electron chi connectivity index (χ1n) is 8.48. The summed E-state index contributed by atoms with van der Waals surface area (Å²) >= 11 is 1.29. The van der Waals surface area contributed by atoms with Crippen molar-refractivity contribution in [1.29, 1.82) is 0 Å². The van der Waals surface area contributed by atoms with E-state index < -0.39 is 15.9 Å². The molecule has 0 aliphatic carbocycles. The van der Waals surface area contributed by atoms with Crippen molar-refractivity contribution < 1.29 is 13.2 Å². The Labute approximate surface area is 168 Å². The summed E-state index contributed by atoms with van der Waals surface area (Å²) in [5, 5.41) is 12.0. The van der Waals surface area contributed by atoms with Crippen LogP contribution in [-0.2, 0) is 16.4 Å². The van der Waals surface area contributed by atoms with Crippen LogP contribution in [0.5, 0.6) is 0 Å². The van der Waals surface area contributed by atoms with Crippen LogP contribution in [0.3, 0.4) is 0 Å². The number of aromatic nitrogens is 2. The van der Waals surface area contributed by atoms with E-state index in [1.165, 1.54) is 37.6 Å². The molecule has 0 aliphatic rings. The van der Waals surface area contributed by atoms with E-state index in [0.717, 1.165) is 14.9 Å². The summed E-state index contributed by atoms with van der Waals surface area (Å²) in [6, 6.07) is 14.3. The van der Waals surface area contributed by atoms with Crippen molar-refractivity contribution in [3.05, 3.63) is 70.2 Å². The van der Waals surface area contributed by atoms with Crippen LogP contribution in [0.1, 0.15) is 26.5 Å². The zero-order valence-electron chi connectivity index (χ0n) is 15.7. The van der Waals surface area contributed by atoms with Crippen LogP contribution in [0, 0.1) is 6.92 Å². The molecular weight excluding hydrogens is 396 g/mol. The second-order valence-corrected chi connectivity index (χ2v) is 9.60. The number of nitrogens with zero attached hydrogens (tertiary/aromatic N) is 3. The van der Waals surface area contributed by atoms with E-state index in [-0.39, 0.29) is 10.5 Å². The molecule has 0 bridgehead atoms. The minimum atomic E-state index is -3.63. The van der Waals surface area contributed by atoms with Gasteiger partial charge in [-0.1, -0.05) is 47.7 Å². The molecule has 146 valence electrons. The largest absolute Gasteiger partial charge is 0.296 e. The lowest BCUT2D eigenvalue weighted by atomic mass is 10.1. The van der Waals surface area contributed by atoms with E-state index >= 15 is 0 Å². The Morgan fingerprint density at radius 2 is 1.82 bits per heavy atom. The van der Waals surface area contributed by atoms with Gasteiger partial charge >= 0.3 is 0 Å². The Bertz CT molecular complexity index is 1090. The highest BCUT2D eigenvalue weighted by molar-refractivity contribution is 7.89. The molecule has 3 aromatic rings. The number of carbonyl (C=O) groups excluding carboxylic acids is 1. The van der Waals surface area contributed by atoms with Gasteiger partial charge in [0.25, 0.3) is 5.91 Å². The first kappa shape index (κ1) is 20.1. The molecule has 0 saturated carbocycles. The molecule has 0 atom stereocenters. The summed E-state index contributed by atoms with van der Waals surface area (Å²) in [5.74, 6) is -0.421. The second-order valence-electron chi connectivity index (χ2n) is 6.38. The smallest absolute Gasteiger partial charge is 0.257 e. The molecule has 0 radical (unpaired) electrons. The number of nitrogens with one attached hydrogen (secondary N) is 1. The van der Waals surface area contributed by atoms with Crippen molar-refractivity contribution in [1.82, 2.24) is 14.5 Å². The Balaban J connectivity index is 1.78. The minimum absolute atomic E-state index is 0.0651. The highest BCUT2D eigenvalue weighted by Crippen LogP contribution is 2.22. The predicted octanol–water partition coefficient (Wildman–Crippen LogP) is 2.94. The van der Waals surface area contributed by atoms with Crippen LogP contribution in [0.4, 0.5) is 5.13 Å². The Morgan fingerprint density at radius 1 is 1.11 bits per heavy atom. The highest BCUT2D eigenvalue weighted by Gasteiger charge is 2.20. The van der Waals surface area contributed by atoms with Crippen molar-refractivity contribution in [3.8, 4) is 0 Å². The molecule has 1 amide bonds. The average Bonchev–Trinajstić information content (AvgIpc) is 3.09. The van der Waals surface area contributed by atoms with E-state index in [1.807, 2.05) is 30.3 Å². The van der Waals surface area contributed by atoms with Crippen molar-refractivity contribution >= 4 is 32.4 Å². The van der Waals surface area contributed by atoms with Crippen molar-refractivity contribution in [2.45, 2.75) is 18.2 Å². The normalized spacial score (nSPS) is 11.6. The summed E-state index contributed by atoms with van der Waals surface area (Å²) < 4.78 is 25.8. The number of benzene rings is 2. The summed E-state index contributed by atoms with van der Waals surface area (Å²) in [6.45, 7) is 1.75. The summed E-state index contributed by atoms with van der Waals surface area (Å²) in [7, 11) is -0.727. The third-order valence-electron chi connectivity index (χ3n) is 4.12. The maximum Gasteiger partial charge on any atom is 0.257 e. The van der Waals surface area contributed by atoms with Crippen LogP contribution in [0.2, 0.25) is 0 Å². The first-order valence-corrected chi connectivity index (χ1v) is 10.7. The van der Waals surface area contributed by atoms with Gasteiger partial charge in [-0.3, -0.25) is 10.1 Å². The zero-order valence-corrected chi connectivity index (χ0v) is 17.3. The number of aryl methyl sites for hydroxylation is 1. The lowest BCUT2D eigenvalue weighted by Crippen LogP contribution is -2.23. The summed E-state index contributed by atoms with van der Waals surface area (Å²) in [6.07, 6.45) is 0.629. The monoisotopic (exact) mass is 416 g/mol. The summed E-state index contributed by atoms with van der Waals surface area (Å²) in [5.41, 5.74) is 2.06. The van der Waals surface area contributed by atoms with Gasteiger partial charge in [0, 0.05) is 26.1 Å². The molecule has 0 fully saturated rings. The minimum Gasteiger partial charge on any atom is -0.296 e. The zero-order chi connectivity index (χ0) is 20.3. The number of carbonyl (C=O) groups is 1. The van der Waals surface area contributed by atoms with Gasteiger partial charge in [0.15, 0.2) is 0 Å². The molecular formula is C19H20N4O3S2. The van der Waals surface area contributed by atoms with Gasteiger partial charge in [-0.25, -0.2) is 12.7 Å². The number of hydrogen-bond acceptors (Lipinski definition) is 6. The van der Waals surface area contributed by atoms with Gasteiger partial charge in [-0.05, 0) is 30.2 Å². The van der Waals surface area contributed by atoms with E-state index in [2.05, 4.69) is 15.5 Å². The van der Waals surface area contributed by atoms with Crippen LogP contribution in [-0.4, -0.2) is 42.9 Å². The molecule has 28 heavy (non-hydrogen) atoms. The van der Waals surface area contributed by atoms with Crippen LogP contribution in [0.25, 0.3) is 0 Å². The molecule has 1 aromatic heterocycles. The van der Waals surface area contributed by atoms with Gasteiger partial charge in [0.1, 0.15) is 5.01 Å². The number of amides is 1. The highest BCUT2D eigenvalue weighted by atomic mass is 32.2. The molecule has 0 saturated heterocycles. The predicted molar refractivity (Wildman–Crippen MR) is 109 cm³/mol. The molecule has 7 nitrogen and oxygen atoms in total. The Hall–Kier alpha value is -2.62. The van der Waals surface area contributed by atoms with E-state index in [9.17, 15) is 13.2 Å². The number of sulfonamides is 1. The van der Waals surface area contributed by atoms with Gasteiger partial charge in [-0.15, -0.1) is 10.2 Å². The lowest BCUT2D eigenvalue weighted by Gasteiger charge is -2.13. The third-order valence-corrected chi connectivity index (χ3v) is 6.77. The van der Waals surface area contributed by atoms with Crippen molar-refractivity contribution in [2.24, 2.45) is 0 Å². The van der Waals surface area contributed by atoms with Crippen molar-refractivity contribution in [3.63, 3.8) is 0 Å². The van der Waals surface area contributed by atoms with Crippen LogP contribution < -0.4 is 5.32 Å². The maximum atomic E-state index is 12.7. The fraction of sp³-hybridized carbons (Fsp3) is 0.211. The Morgan fingerprint density at radius 3 is 2.50 bits per heavy atom. The molecule has 0 spiro atoms. The number of anilines is 1. The van der Waals surface area contributed by atoms with E-state index in [0.29, 0.717) is 17.1 Å². The fourth-order valence-electron chi connectivity index (χ4n) is 2.53. The first-order chi connectivity index (χ1) is 13.3. The maximum absolute atomic E-state index is 12.7. The molecule has 1 heterocycles. The topological polar surface area (TPSA) is 92.3 Å². The fourth-order valence-corrected chi connectivity index (χ4v) is 4.22. The molecule has 0 unspecified atom stereocenters. The molecule has 9 heteroatoms. The van der Waals surface area contributed by atoms with Gasteiger partial charge in [0.05, 0.1) is 4.90 Å². The van der Waals surface area contributed by atoms with Crippen molar-refractivity contribution in [2.75, 3.05) is 19.4 Å². The summed E-state index contributed by atoms with van der Waals surface area (Å²) in [4.78, 5) is 12.7. The molecule has 1 N–H and O–H groups in total. The number of rotatable bonds is 6. The van der Waals surface area contributed by atoms with Crippen LogP contribution in [0.15, 0.2) is 53.4 Å². The van der Waals surface area contributed by atoms with Crippen LogP contribution >= 0.6 is 11.3 Å². The molecule has 3 rings (SSSR count). The lowest BCUT2D eigenvalue weighted by molar-refractivity contribution is 0.102. The second kappa shape index (κ2) is 8.17. The third kappa shape index (κ3) is 4.44. The molecule has 0 aliphatic heterocycles. The van der Waals surface area contributed by atoms with Gasteiger partial charge < -0.3 is 0 Å².